The topological polar surface area (TPSA) is 64.6 Å². The summed E-state index contributed by atoms with van der Waals surface area (Å²) in [5.41, 5.74) is 2.77. The first kappa shape index (κ1) is 13.7. The largest absolute Gasteiger partial charge is 0.456 e. The van der Waals surface area contributed by atoms with Gasteiger partial charge in [0.2, 0.25) is 0 Å². The van der Waals surface area contributed by atoms with Gasteiger partial charge < -0.3 is 14.8 Å². The van der Waals surface area contributed by atoms with Crippen molar-refractivity contribution in [2.45, 2.75) is 5.92 Å². The minimum Gasteiger partial charge on any atom is -0.456 e. The summed E-state index contributed by atoms with van der Waals surface area (Å²) in [5.74, 6) is -1.84. The van der Waals surface area contributed by atoms with Gasteiger partial charge in [-0.25, -0.2) is 14.0 Å². The highest BCUT2D eigenvalue weighted by Crippen LogP contribution is 2.43. The first-order valence-corrected chi connectivity index (χ1v) is 7.66. The molecular weight excluding hydrogens is 404 g/mol. The number of esters is 2. The van der Waals surface area contributed by atoms with Crippen LogP contribution in [0, 0.1) is 9.39 Å². The minimum atomic E-state index is -0.578. The molecule has 0 saturated carbocycles. The molecule has 3 heterocycles. The third-order valence-corrected chi connectivity index (χ3v) is 4.77. The molecule has 3 aliphatic rings. The van der Waals surface area contributed by atoms with Gasteiger partial charge >= 0.3 is 11.9 Å². The maximum absolute atomic E-state index is 13.5. The highest BCUT2D eigenvalue weighted by molar-refractivity contribution is 14.1. The van der Waals surface area contributed by atoms with Crippen molar-refractivity contribution in [2.24, 2.45) is 0 Å². The molecule has 0 aromatic heterocycles. The standard InChI is InChI=1S/C15H9FINO4/c16-7-2-1-6(3-8(7)17)11-12-9(4-21-14(12)19)18-10-5-22-15(20)13(10)11/h1-3,11,18H,4-5H2. The number of carbonyl (C=O) groups is 2. The van der Waals surface area contributed by atoms with E-state index in [4.69, 9.17) is 9.47 Å². The van der Waals surface area contributed by atoms with E-state index in [2.05, 4.69) is 5.32 Å². The second-order valence-electron chi connectivity index (χ2n) is 5.17. The van der Waals surface area contributed by atoms with Crippen LogP contribution in [0.2, 0.25) is 0 Å². The fourth-order valence-electron chi connectivity index (χ4n) is 2.98. The van der Waals surface area contributed by atoms with Crippen molar-refractivity contribution in [1.29, 1.82) is 0 Å². The van der Waals surface area contributed by atoms with Crippen LogP contribution in [0.3, 0.4) is 0 Å². The number of cyclic esters (lactones) is 2. The second kappa shape index (κ2) is 4.80. The van der Waals surface area contributed by atoms with Gasteiger partial charge in [0.1, 0.15) is 19.0 Å². The lowest BCUT2D eigenvalue weighted by Crippen LogP contribution is -2.27. The fraction of sp³-hybridized carbons (Fsp3) is 0.200. The van der Waals surface area contributed by atoms with Gasteiger partial charge in [0.15, 0.2) is 0 Å². The molecule has 0 radical (unpaired) electrons. The summed E-state index contributed by atoms with van der Waals surface area (Å²) in [4.78, 5) is 24.1. The van der Waals surface area contributed by atoms with Crippen molar-refractivity contribution in [2.75, 3.05) is 13.2 Å². The van der Waals surface area contributed by atoms with Gasteiger partial charge in [0, 0.05) is 3.57 Å². The van der Waals surface area contributed by atoms with E-state index in [1.165, 1.54) is 6.07 Å². The number of hydrogen-bond acceptors (Lipinski definition) is 5. The molecule has 0 fully saturated rings. The first-order valence-electron chi connectivity index (χ1n) is 6.58. The minimum absolute atomic E-state index is 0.147. The monoisotopic (exact) mass is 413 g/mol. The molecule has 0 bridgehead atoms. The van der Waals surface area contributed by atoms with Crippen LogP contribution in [0.5, 0.6) is 0 Å². The third kappa shape index (κ3) is 1.88. The quantitative estimate of drug-likeness (QED) is 0.562. The number of benzene rings is 1. The number of dihydropyridines is 1. The Balaban J connectivity index is 1.91. The smallest absolute Gasteiger partial charge is 0.337 e. The number of hydrogen-bond donors (Lipinski definition) is 1. The predicted octanol–water partition coefficient (Wildman–Crippen LogP) is 1.74. The average Bonchev–Trinajstić information content (AvgIpc) is 3.05. The Hall–Kier alpha value is -1.90. The van der Waals surface area contributed by atoms with Crippen molar-refractivity contribution in [3.8, 4) is 0 Å². The van der Waals surface area contributed by atoms with Gasteiger partial charge in [-0.15, -0.1) is 0 Å². The summed E-state index contributed by atoms with van der Waals surface area (Å²) in [6, 6.07) is 4.55. The average molecular weight is 413 g/mol. The van der Waals surface area contributed by atoms with E-state index >= 15 is 0 Å². The zero-order valence-electron chi connectivity index (χ0n) is 11.1. The van der Waals surface area contributed by atoms with E-state index in [1.807, 2.05) is 22.6 Å². The molecule has 0 atom stereocenters. The highest BCUT2D eigenvalue weighted by atomic mass is 127. The van der Waals surface area contributed by atoms with Gasteiger partial charge in [0.25, 0.3) is 0 Å². The number of carbonyl (C=O) groups excluding carboxylic acids is 2. The Morgan fingerprint density at radius 1 is 1.09 bits per heavy atom. The molecule has 112 valence electrons. The lowest BCUT2D eigenvalue weighted by Gasteiger charge is -2.24. The summed E-state index contributed by atoms with van der Waals surface area (Å²) in [7, 11) is 0. The van der Waals surface area contributed by atoms with Gasteiger partial charge in [-0.3, -0.25) is 0 Å². The zero-order chi connectivity index (χ0) is 15.4. The molecule has 0 unspecified atom stereocenters. The van der Waals surface area contributed by atoms with E-state index in [0.717, 1.165) is 0 Å². The Kier molecular flexibility index (Phi) is 3.00. The number of halogens is 2. The van der Waals surface area contributed by atoms with E-state index in [1.54, 1.807) is 12.1 Å². The SMILES string of the molecule is O=C1OCC2=C1C(c1ccc(F)c(I)c1)C1=C(COC1=O)N2. The second-order valence-corrected chi connectivity index (χ2v) is 6.33. The summed E-state index contributed by atoms with van der Waals surface area (Å²) in [5, 5.41) is 3.06. The van der Waals surface area contributed by atoms with E-state index < -0.39 is 17.9 Å². The summed E-state index contributed by atoms with van der Waals surface area (Å²) in [6.45, 7) is 0.293. The number of rotatable bonds is 1. The fourth-order valence-corrected chi connectivity index (χ4v) is 3.51. The van der Waals surface area contributed by atoms with Crippen molar-refractivity contribution < 1.29 is 23.5 Å². The molecule has 1 N–H and O–H groups in total. The molecule has 4 rings (SSSR count). The molecular formula is C15H9FINO4. The maximum atomic E-state index is 13.5. The molecule has 7 heteroatoms. The Morgan fingerprint density at radius 3 is 2.23 bits per heavy atom. The van der Waals surface area contributed by atoms with Gasteiger partial charge in [-0.2, -0.15) is 0 Å². The van der Waals surface area contributed by atoms with E-state index in [9.17, 15) is 14.0 Å². The molecule has 22 heavy (non-hydrogen) atoms. The van der Waals surface area contributed by atoms with Gasteiger partial charge in [-0.05, 0) is 40.3 Å². The summed E-state index contributed by atoms with van der Waals surface area (Å²) >= 11 is 1.88. The van der Waals surface area contributed by atoms with Crippen molar-refractivity contribution in [3.05, 3.63) is 55.7 Å². The Bertz CT molecular complexity index is 759. The van der Waals surface area contributed by atoms with Crippen LogP contribution in [0.1, 0.15) is 11.5 Å². The lowest BCUT2D eigenvalue weighted by atomic mass is 9.81. The molecule has 1 aromatic rings. The van der Waals surface area contributed by atoms with Crippen molar-refractivity contribution in [1.82, 2.24) is 5.32 Å². The first-order chi connectivity index (χ1) is 10.6. The maximum Gasteiger partial charge on any atom is 0.337 e. The van der Waals surface area contributed by atoms with Crippen LogP contribution in [0.15, 0.2) is 40.7 Å². The summed E-state index contributed by atoms with van der Waals surface area (Å²) < 4.78 is 24.1. The highest BCUT2D eigenvalue weighted by Gasteiger charge is 2.45. The van der Waals surface area contributed by atoms with Crippen LogP contribution < -0.4 is 5.32 Å². The Morgan fingerprint density at radius 2 is 1.68 bits per heavy atom. The molecule has 0 spiro atoms. The molecule has 0 saturated heterocycles. The van der Waals surface area contributed by atoms with Crippen LogP contribution in [-0.4, -0.2) is 25.2 Å². The summed E-state index contributed by atoms with van der Waals surface area (Å²) in [6.07, 6.45) is 0. The van der Waals surface area contributed by atoms with Crippen LogP contribution in [0.25, 0.3) is 0 Å². The normalized spacial score (nSPS) is 20.6. The van der Waals surface area contributed by atoms with Gasteiger partial charge in [-0.1, -0.05) is 6.07 Å². The zero-order valence-corrected chi connectivity index (χ0v) is 13.3. The predicted molar refractivity (Wildman–Crippen MR) is 81.0 cm³/mol. The number of nitrogens with one attached hydrogen (secondary N) is 1. The van der Waals surface area contributed by atoms with Crippen LogP contribution >= 0.6 is 22.6 Å². The van der Waals surface area contributed by atoms with Crippen molar-refractivity contribution in [3.63, 3.8) is 0 Å². The molecule has 0 aliphatic carbocycles. The molecule has 1 aromatic carbocycles. The molecule has 0 amide bonds. The van der Waals surface area contributed by atoms with E-state index in [0.29, 0.717) is 31.7 Å². The lowest BCUT2D eigenvalue weighted by molar-refractivity contribution is -0.136. The van der Waals surface area contributed by atoms with Crippen molar-refractivity contribution >= 4 is 34.5 Å². The molecule has 5 nitrogen and oxygen atoms in total. The van der Waals surface area contributed by atoms with E-state index in [-0.39, 0.29) is 19.0 Å². The van der Waals surface area contributed by atoms with Gasteiger partial charge in [0.05, 0.1) is 28.5 Å². The Labute approximate surface area is 138 Å². The van der Waals surface area contributed by atoms with Crippen LogP contribution in [0.4, 0.5) is 4.39 Å². The molecule has 3 aliphatic heterocycles. The third-order valence-electron chi connectivity index (χ3n) is 3.94. The number of ether oxygens (including phenoxy) is 2. The van der Waals surface area contributed by atoms with Crippen LogP contribution in [-0.2, 0) is 19.1 Å².